The fraction of sp³-hybridized carbons (Fsp3) is 0.250. The van der Waals surface area contributed by atoms with Crippen LogP contribution in [0.3, 0.4) is 0 Å². The lowest BCUT2D eigenvalue weighted by molar-refractivity contribution is -0.135. The second kappa shape index (κ2) is 10.5. The predicted octanol–water partition coefficient (Wildman–Crippen LogP) is 3.16. The molecule has 0 amide bonds. The van der Waals surface area contributed by atoms with E-state index in [-0.39, 0.29) is 23.5 Å². The number of ether oxygens (including phenoxy) is 1. The van der Waals surface area contributed by atoms with E-state index in [4.69, 9.17) is 10.5 Å². The average molecular weight is 346 g/mol. The first-order chi connectivity index (χ1) is 11.1. The molecule has 0 atom stereocenters. The van der Waals surface area contributed by atoms with Crippen LogP contribution in [0.2, 0.25) is 0 Å². The third-order valence-electron chi connectivity index (χ3n) is 2.58. The van der Waals surface area contributed by atoms with Gasteiger partial charge in [-0.2, -0.15) is 10.5 Å². The van der Waals surface area contributed by atoms with Gasteiger partial charge in [0, 0.05) is 17.7 Å². The zero-order valence-corrected chi connectivity index (χ0v) is 14.1. The van der Waals surface area contributed by atoms with Gasteiger partial charge in [0.25, 0.3) is 0 Å². The number of nitrogens with zero attached hydrogens (tertiary/aromatic N) is 2. The largest absolute Gasteiger partial charge is 0.465 e. The van der Waals surface area contributed by atoms with Crippen LogP contribution in [0.4, 0.5) is 0 Å². The van der Waals surface area contributed by atoms with Crippen molar-refractivity contribution >= 4 is 35.3 Å². The average Bonchev–Trinajstić information content (AvgIpc) is 2.60. The minimum atomic E-state index is -0.744. The number of methoxy groups -OCH3 is 1. The van der Waals surface area contributed by atoms with Crippen LogP contribution in [-0.2, 0) is 9.53 Å². The third kappa shape index (κ3) is 6.19. The lowest BCUT2D eigenvalue weighted by atomic mass is 10.2. The van der Waals surface area contributed by atoms with E-state index in [9.17, 15) is 9.59 Å². The van der Waals surface area contributed by atoms with Crippen LogP contribution in [0.25, 0.3) is 0 Å². The van der Waals surface area contributed by atoms with Crippen molar-refractivity contribution < 1.29 is 14.3 Å². The van der Waals surface area contributed by atoms with Gasteiger partial charge in [-0.25, -0.2) is 4.79 Å². The maximum Gasteiger partial charge on any atom is 0.350 e. The Morgan fingerprint density at radius 3 is 2.43 bits per heavy atom. The van der Waals surface area contributed by atoms with Crippen molar-refractivity contribution in [2.75, 3.05) is 18.6 Å². The highest BCUT2D eigenvalue weighted by Crippen LogP contribution is 2.33. The summed E-state index contributed by atoms with van der Waals surface area (Å²) in [5.74, 6) is -0.315. The Morgan fingerprint density at radius 1 is 1.17 bits per heavy atom. The molecule has 1 aromatic carbocycles. The van der Waals surface area contributed by atoms with Crippen molar-refractivity contribution in [2.45, 2.75) is 6.42 Å². The standard InChI is InChI=1S/C16H14N2O3S2/c1-21-15(20)13(10-18)16(22-9-5-8-17)23-11-14(19)12-6-3-2-4-7-12/h2-4,6-7H,5,9,11H2,1H3. The fourth-order valence-electron chi connectivity index (χ4n) is 1.49. The highest BCUT2D eigenvalue weighted by atomic mass is 32.2. The number of carbonyl (C=O) groups excluding carboxylic acids is 2. The van der Waals surface area contributed by atoms with Gasteiger partial charge in [0.15, 0.2) is 11.4 Å². The zero-order valence-electron chi connectivity index (χ0n) is 12.4. The molecule has 0 saturated heterocycles. The Morgan fingerprint density at radius 2 is 1.87 bits per heavy atom. The van der Waals surface area contributed by atoms with Crippen molar-refractivity contribution in [3.8, 4) is 12.1 Å². The lowest BCUT2D eigenvalue weighted by Crippen LogP contribution is -2.07. The van der Waals surface area contributed by atoms with E-state index in [1.54, 1.807) is 24.3 Å². The molecule has 1 aromatic rings. The van der Waals surface area contributed by atoms with Crippen LogP contribution < -0.4 is 0 Å². The van der Waals surface area contributed by atoms with Gasteiger partial charge >= 0.3 is 5.97 Å². The van der Waals surface area contributed by atoms with Gasteiger partial charge in [0.05, 0.1) is 23.2 Å². The number of thioether (sulfide) groups is 2. The van der Waals surface area contributed by atoms with Gasteiger partial charge in [-0.1, -0.05) is 30.3 Å². The van der Waals surface area contributed by atoms with E-state index in [2.05, 4.69) is 4.74 Å². The maximum atomic E-state index is 12.1. The van der Waals surface area contributed by atoms with E-state index >= 15 is 0 Å². The van der Waals surface area contributed by atoms with Crippen LogP contribution in [0.5, 0.6) is 0 Å². The first-order valence-electron chi connectivity index (χ1n) is 6.57. The topological polar surface area (TPSA) is 90.9 Å². The van der Waals surface area contributed by atoms with E-state index < -0.39 is 5.97 Å². The van der Waals surface area contributed by atoms with Crippen molar-refractivity contribution in [2.24, 2.45) is 0 Å². The Hall–Kier alpha value is -2.22. The molecule has 23 heavy (non-hydrogen) atoms. The molecule has 118 valence electrons. The molecule has 0 heterocycles. The Labute approximate surface area is 143 Å². The van der Waals surface area contributed by atoms with Crippen molar-refractivity contribution in [1.29, 1.82) is 10.5 Å². The zero-order chi connectivity index (χ0) is 17.1. The van der Waals surface area contributed by atoms with Crippen LogP contribution in [0.15, 0.2) is 40.1 Å². The van der Waals surface area contributed by atoms with E-state index in [1.807, 2.05) is 18.2 Å². The molecule has 0 aliphatic rings. The molecule has 0 radical (unpaired) electrons. The first kappa shape index (κ1) is 18.8. The maximum absolute atomic E-state index is 12.1. The smallest absolute Gasteiger partial charge is 0.350 e. The number of hydrogen-bond acceptors (Lipinski definition) is 7. The summed E-state index contributed by atoms with van der Waals surface area (Å²) in [6.07, 6.45) is 0.279. The van der Waals surface area contributed by atoms with Crippen molar-refractivity contribution in [3.05, 3.63) is 45.7 Å². The van der Waals surface area contributed by atoms with Crippen LogP contribution in [0, 0.1) is 22.7 Å². The summed E-state index contributed by atoms with van der Waals surface area (Å²) >= 11 is 2.32. The van der Waals surface area contributed by atoms with Crippen LogP contribution >= 0.6 is 23.5 Å². The van der Waals surface area contributed by atoms with Gasteiger partial charge in [-0.05, 0) is 0 Å². The molecule has 0 aliphatic carbocycles. The number of Topliss-reactive ketones (excluding diaryl/α,β-unsaturated/α-hetero) is 1. The summed E-state index contributed by atoms with van der Waals surface area (Å²) in [5.41, 5.74) is 0.430. The molecule has 0 aromatic heterocycles. The molecule has 1 rings (SSSR count). The van der Waals surface area contributed by atoms with Gasteiger partial charge in [-0.15, -0.1) is 23.5 Å². The Kier molecular flexibility index (Phi) is 8.59. The minimum absolute atomic E-state index is 0.0983. The van der Waals surface area contributed by atoms with E-state index in [0.717, 1.165) is 11.8 Å². The molecule has 0 aliphatic heterocycles. The molecule has 0 bridgehead atoms. The third-order valence-corrected chi connectivity index (χ3v) is 5.04. The van der Waals surface area contributed by atoms with Crippen molar-refractivity contribution in [3.63, 3.8) is 0 Å². The second-order valence-corrected chi connectivity index (χ2v) is 6.45. The summed E-state index contributed by atoms with van der Waals surface area (Å²) in [6.45, 7) is 0. The first-order valence-corrected chi connectivity index (χ1v) is 8.54. The van der Waals surface area contributed by atoms with Crippen LogP contribution in [-0.4, -0.2) is 30.4 Å². The molecule has 0 saturated carbocycles. The van der Waals surface area contributed by atoms with E-state index in [0.29, 0.717) is 15.6 Å². The highest BCUT2D eigenvalue weighted by Gasteiger charge is 2.18. The minimum Gasteiger partial charge on any atom is -0.465 e. The van der Waals surface area contributed by atoms with Gasteiger partial charge in [0.2, 0.25) is 0 Å². The monoisotopic (exact) mass is 346 g/mol. The molecular weight excluding hydrogens is 332 g/mol. The molecule has 0 unspecified atom stereocenters. The Bertz CT molecular complexity index is 673. The highest BCUT2D eigenvalue weighted by molar-refractivity contribution is 8.22. The van der Waals surface area contributed by atoms with Crippen LogP contribution in [0.1, 0.15) is 16.8 Å². The van der Waals surface area contributed by atoms with Crippen molar-refractivity contribution in [1.82, 2.24) is 0 Å². The molecule has 0 N–H and O–H groups in total. The summed E-state index contributed by atoms with van der Waals surface area (Å²) in [4.78, 5) is 23.8. The summed E-state index contributed by atoms with van der Waals surface area (Å²) in [5, 5.41) is 17.8. The lowest BCUT2D eigenvalue weighted by Gasteiger charge is -2.08. The molecule has 5 nitrogen and oxygen atoms in total. The second-order valence-electron chi connectivity index (χ2n) is 4.10. The van der Waals surface area contributed by atoms with Gasteiger partial charge < -0.3 is 4.74 Å². The Balaban J connectivity index is 2.87. The molecule has 0 fully saturated rings. The molecule has 0 spiro atoms. The number of ketones is 1. The number of rotatable bonds is 8. The SMILES string of the molecule is COC(=O)C(C#N)=C(SCCC#N)SCC(=O)c1ccccc1. The van der Waals surface area contributed by atoms with Gasteiger partial charge in [-0.3, -0.25) is 4.79 Å². The number of esters is 1. The summed E-state index contributed by atoms with van der Waals surface area (Å²) in [6, 6.07) is 12.6. The normalized spacial score (nSPS) is 10.9. The number of carbonyl (C=O) groups is 2. The quantitative estimate of drug-likeness (QED) is 0.235. The number of hydrogen-bond donors (Lipinski definition) is 0. The number of benzene rings is 1. The number of nitriles is 2. The summed E-state index contributed by atoms with van der Waals surface area (Å²) < 4.78 is 4.99. The summed E-state index contributed by atoms with van der Waals surface area (Å²) in [7, 11) is 1.19. The van der Waals surface area contributed by atoms with E-state index in [1.165, 1.54) is 18.9 Å². The predicted molar refractivity (Wildman–Crippen MR) is 90.6 cm³/mol. The van der Waals surface area contributed by atoms with Gasteiger partial charge in [0.1, 0.15) is 6.07 Å². The molecular formula is C16H14N2O3S2. The molecule has 7 heteroatoms. The fourth-order valence-corrected chi connectivity index (χ4v) is 3.60.